The molecular weight excluding hydrogens is 600 g/mol. The van der Waals surface area contributed by atoms with Crippen molar-refractivity contribution in [3.05, 3.63) is 36.4 Å². The van der Waals surface area contributed by atoms with E-state index in [0.717, 1.165) is 26.2 Å². The second-order valence-electron chi connectivity index (χ2n) is 18.2. The zero-order chi connectivity index (χ0) is 34.2. The van der Waals surface area contributed by atoms with Crippen LogP contribution in [0.4, 0.5) is 11.4 Å². The molecule has 0 radical (unpaired) electrons. The molecule has 2 saturated carbocycles. The Morgan fingerprint density at radius 2 is 1.04 bits per heavy atom. The smallest absolute Gasteiger partial charge is 0.225 e. The number of nitrogens with zero attached hydrogens (tertiary/aromatic N) is 2. The Bertz CT molecular complexity index is 1650. The number of amides is 2. The van der Waals surface area contributed by atoms with Gasteiger partial charge in [-0.3, -0.25) is 19.4 Å². The highest BCUT2D eigenvalue weighted by Gasteiger charge is 2.50. The van der Waals surface area contributed by atoms with Crippen LogP contribution < -0.4 is 10.6 Å². The van der Waals surface area contributed by atoms with Crippen molar-refractivity contribution in [2.75, 3.05) is 36.8 Å². The van der Waals surface area contributed by atoms with Crippen LogP contribution in [0.25, 0.3) is 21.5 Å². The Kier molecular flexibility index (Phi) is 8.02. The SMILES string of the molecule is CC1(C)CC2CC(C)(CN2CCC(=O)Nc2ccc3c(O)c4cc(NC(=O)CCN5CC6(C)CC5CC(C)(C)C6)ccc4c(O)c3c2)C1. The number of nitrogens with one attached hydrogen (secondary N) is 2. The number of aromatic hydroxyl groups is 2. The van der Waals surface area contributed by atoms with Crippen LogP contribution >= 0.6 is 0 Å². The molecule has 4 aliphatic rings. The molecule has 3 aromatic rings. The Balaban J connectivity index is 0.991. The van der Waals surface area contributed by atoms with E-state index in [1.807, 2.05) is 0 Å². The lowest BCUT2D eigenvalue weighted by Gasteiger charge is -2.40. The van der Waals surface area contributed by atoms with Crippen molar-refractivity contribution in [2.45, 2.75) is 105 Å². The second-order valence-corrected chi connectivity index (χ2v) is 18.2. The molecule has 8 heteroatoms. The average Bonchev–Trinajstić information content (AvgIpc) is 3.38. The summed E-state index contributed by atoms with van der Waals surface area (Å²) in [7, 11) is 0. The summed E-state index contributed by atoms with van der Waals surface area (Å²) in [4.78, 5) is 31.0. The summed E-state index contributed by atoms with van der Waals surface area (Å²) in [5.74, 6) is -0.0565. The minimum atomic E-state index is -0.0593. The van der Waals surface area contributed by atoms with Crippen LogP contribution in [0.5, 0.6) is 11.5 Å². The first-order valence-electron chi connectivity index (χ1n) is 18.0. The van der Waals surface area contributed by atoms with E-state index in [-0.39, 0.29) is 23.3 Å². The van der Waals surface area contributed by atoms with Crippen molar-refractivity contribution in [3.8, 4) is 11.5 Å². The fourth-order valence-electron chi connectivity index (χ4n) is 11.0. The van der Waals surface area contributed by atoms with E-state index in [1.165, 1.54) is 38.5 Å². The highest BCUT2D eigenvalue weighted by atomic mass is 16.3. The van der Waals surface area contributed by atoms with Crippen molar-refractivity contribution in [1.29, 1.82) is 0 Å². The zero-order valence-corrected chi connectivity index (χ0v) is 29.7. The predicted molar refractivity (Wildman–Crippen MR) is 193 cm³/mol. The third-order valence-corrected chi connectivity index (χ3v) is 11.9. The van der Waals surface area contributed by atoms with E-state index in [2.05, 4.69) is 62.0 Å². The molecule has 258 valence electrons. The normalized spacial score (nSPS) is 29.4. The maximum absolute atomic E-state index is 13.0. The number of rotatable bonds is 8. The fourth-order valence-corrected chi connectivity index (χ4v) is 11.0. The molecule has 0 aromatic heterocycles. The molecule has 2 amide bonds. The number of hydrogen-bond acceptors (Lipinski definition) is 6. The Morgan fingerprint density at radius 1 is 0.646 bits per heavy atom. The molecule has 4 bridgehead atoms. The number of carbonyl (C=O) groups excluding carboxylic acids is 2. The largest absolute Gasteiger partial charge is 0.507 e. The van der Waals surface area contributed by atoms with Crippen LogP contribution in [0.15, 0.2) is 36.4 Å². The van der Waals surface area contributed by atoms with Gasteiger partial charge < -0.3 is 20.8 Å². The number of fused-ring (bicyclic) bond motifs is 6. The first kappa shape index (κ1) is 33.2. The van der Waals surface area contributed by atoms with Crippen LogP contribution in [-0.2, 0) is 9.59 Å². The van der Waals surface area contributed by atoms with Crippen molar-refractivity contribution in [3.63, 3.8) is 0 Å². The molecule has 8 nitrogen and oxygen atoms in total. The molecule has 7 rings (SSSR count). The fraction of sp³-hybridized carbons (Fsp3) is 0.600. The minimum absolute atomic E-state index is 0.0311. The third-order valence-electron chi connectivity index (χ3n) is 11.9. The van der Waals surface area contributed by atoms with Crippen LogP contribution in [0.3, 0.4) is 0 Å². The summed E-state index contributed by atoms with van der Waals surface area (Å²) in [5, 5.41) is 30.5. The molecule has 2 aliphatic carbocycles. The summed E-state index contributed by atoms with van der Waals surface area (Å²) in [5.41, 5.74) is 2.52. The van der Waals surface area contributed by atoms with Gasteiger partial charge in [0.05, 0.1) is 0 Å². The lowest BCUT2D eigenvalue weighted by Crippen LogP contribution is -2.35. The first-order chi connectivity index (χ1) is 22.5. The van der Waals surface area contributed by atoms with Gasteiger partial charge in [0.1, 0.15) is 11.5 Å². The van der Waals surface area contributed by atoms with Crippen LogP contribution in [0, 0.1) is 21.7 Å². The van der Waals surface area contributed by atoms with E-state index in [1.54, 1.807) is 36.4 Å². The number of anilines is 2. The topological polar surface area (TPSA) is 105 Å². The van der Waals surface area contributed by atoms with Gasteiger partial charge in [0, 0.05) is 84.0 Å². The maximum atomic E-state index is 13.0. The van der Waals surface area contributed by atoms with Crippen molar-refractivity contribution < 1.29 is 19.8 Å². The van der Waals surface area contributed by atoms with Crippen LogP contribution in [0.2, 0.25) is 0 Å². The molecule has 2 aliphatic heterocycles. The number of hydrogen-bond donors (Lipinski definition) is 4. The molecule has 4 N–H and O–H groups in total. The molecule has 4 unspecified atom stereocenters. The molecule has 3 aromatic carbocycles. The van der Waals surface area contributed by atoms with Gasteiger partial charge in [0.15, 0.2) is 0 Å². The Hall–Kier alpha value is -3.36. The molecule has 2 saturated heterocycles. The third kappa shape index (κ3) is 6.50. The molecule has 0 spiro atoms. The van der Waals surface area contributed by atoms with Gasteiger partial charge in [-0.05, 0) is 96.6 Å². The highest BCUT2D eigenvalue weighted by Crippen LogP contribution is 2.53. The number of benzene rings is 3. The lowest BCUT2D eigenvalue weighted by atomic mass is 9.65. The van der Waals surface area contributed by atoms with Crippen molar-refractivity contribution in [2.24, 2.45) is 21.7 Å². The minimum Gasteiger partial charge on any atom is -0.507 e. The summed E-state index contributed by atoms with van der Waals surface area (Å²) >= 11 is 0. The van der Waals surface area contributed by atoms with Crippen LogP contribution in [0.1, 0.15) is 92.9 Å². The second kappa shape index (κ2) is 11.6. The lowest BCUT2D eigenvalue weighted by molar-refractivity contribution is -0.117. The first-order valence-corrected chi connectivity index (χ1v) is 18.0. The molecule has 4 fully saturated rings. The van der Waals surface area contributed by atoms with Gasteiger partial charge in [-0.25, -0.2) is 0 Å². The van der Waals surface area contributed by atoms with Gasteiger partial charge >= 0.3 is 0 Å². The van der Waals surface area contributed by atoms with E-state index in [0.29, 0.717) is 79.5 Å². The molecule has 2 heterocycles. The monoisotopic (exact) mass is 654 g/mol. The number of phenolic OH excluding ortho intramolecular Hbond substituents is 2. The number of likely N-dealkylation sites (tertiary alicyclic amines) is 2. The number of carbonyl (C=O) groups is 2. The van der Waals surface area contributed by atoms with Crippen molar-refractivity contribution in [1.82, 2.24) is 9.80 Å². The van der Waals surface area contributed by atoms with E-state index >= 15 is 0 Å². The van der Waals surface area contributed by atoms with Gasteiger partial charge in [-0.2, -0.15) is 0 Å². The zero-order valence-electron chi connectivity index (χ0n) is 29.7. The summed E-state index contributed by atoms with van der Waals surface area (Å²) < 4.78 is 0. The van der Waals surface area contributed by atoms with Crippen LogP contribution in [-0.4, -0.2) is 70.1 Å². The molecule has 4 atom stereocenters. The van der Waals surface area contributed by atoms with Gasteiger partial charge in [0.2, 0.25) is 11.8 Å². The van der Waals surface area contributed by atoms with Gasteiger partial charge in [0.25, 0.3) is 0 Å². The van der Waals surface area contributed by atoms with Gasteiger partial charge in [-0.1, -0.05) is 41.5 Å². The summed E-state index contributed by atoms with van der Waals surface area (Å²) in [6, 6.07) is 11.5. The Labute approximate surface area is 285 Å². The standard InChI is InChI=1S/C40H54N4O4/c1-37(2)17-27-19-39(5,21-37)23-43(27)13-11-33(45)41-25-7-9-29-31(15-25)35(47)30-10-8-26(16-32(30)36(29)48)42-34(46)12-14-44-24-40(6)20-28(44)18-38(3,4)22-40/h7-10,15-16,27-28,47-48H,11-14,17-24H2,1-6H3,(H,41,45)(H,42,46). The average molecular weight is 655 g/mol. The Morgan fingerprint density at radius 3 is 1.44 bits per heavy atom. The molecular formula is C40H54N4O4. The molecule has 48 heavy (non-hydrogen) atoms. The maximum Gasteiger partial charge on any atom is 0.225 e. The quantitative estimate of drug-likeness (QED) is 0.146. The number of phenols is 2. The predicted octanol–water partition coefficient (Wildman–Crippen LogP) is 7.86. The highest BCUT2D eigenvalue weighted by molar-refractivity contribution is 6.12. The van der Waals surface area contributed by atoms with E-state index in [9.17, 15) is 19.8 Å². The van der Waals surface area contributed by atoms with E-state index < -0.39 is 0 Å². The van der Waals surface area contributed by atoms with Gasteiger partial charge in [-0.15, -0.1) is 0 Å². The van der Waals surface area contributed by atoms with E-state index in [4.69, 9.17) is 0 Å². The summed E-state index contributed by atoms with van der Waals surface area (Å²) in [6.45, 7) is 17.8. The van der Waals surface area contributed by atoms with Crippen molar-refractivity contribution >= 4 is 44.7 Å². The summed E-state index contributed by atoms with van der Waals surface area (Å²) in [6.07, 6.45) is 8.06.